The van der Waals surface area contributed by atoms with Crippen LogP contribution in [0.2, 0.25) is 0 Å². The van der Waals surface area contributed by atoms with Crippen LogP contribution in [0.5, 0.6) is 0 Å². The second kappa shape index (κ2) is 6.08. The summed E-state index contributed by atoms with van der Waals surface area (Å²) in [4.78, 5) is 13.7. The highest BCUT2D eigenvalue weighted by molar-refractivity contribution is 5.76. The molecule has 0 aromatic carbocycles. The molecule has 1 aliphatic rings. The number of rotatable bonds is 4. The van der Waals surface area contributed by atoms with Crippen molar-refractivity contribution in [1.29, 1.82) is 0 Å². The number of nitrogens with two attached hydrogens (primary N) is 1. The molecule has 0 spiro atoms. The molecule has 4 nitrogen and oxygen atoms in total. The molecule has 1 heterocycles. The first-order valence-electron chi connectivity index (χ1n) is 5.69. The van der Waals surface area contributed by atoms with Gasteiger partial charge in [-0.15, -0.1) is 0 Å². The fourth-order valence-electron chi connectivity index (χ4n) is 1.84. The van der Waals surface area contributed by atoms with Gasteiger partial charge < -0.3 is 15.4 Å². The van der Waals surface area contributed by atoms with Crippen LogP contribution in [0.3, 0.4) is 0 Å². The van der Waals surface area contributed by atoms with Crippen LogP contribution >= 0.6 is 0 Å². The molecule has 88 valence electrons. The third kappa shape index (κ3) is 4.18. The molecule has 0 saturated carbocycles. The van der Waals surface area contributed by atoms with Crippen LogP contribution in [0.1, 0.15) is 32.6 Å². The molecule has 0 aromatic rings. The quantitative estimate of drug-likeness (QED) is 0.751. The number of amides is 1. The van der Waals surface area contributed by atoms with Crippen LogP contribution in [-0.2, 0) is 9.53 Å². The van der Waals surface area contributed by atoms with E-state index in [4.69, 9.17) is 10.5 Å². The lowest BCUT2D eigenvalue weighted by atomic mass is 10.1. The minimum absolute atomic E-state index is 0.160. The third-order valence-corrected chi connectivity index (χ3v) is 2.98. The molecule has 0 aliphatic carbocycles. The maximum atomic E-state index is 11.8. The highest BCUT2D eigenvalue weighted by Crippen LogP contribution is 2.11. The van der Waals surface area contributed by atoms with Crippen LogP contribution < -0.4 is 5.73 Å². The average molecular weight is 214 g/mol. The highest BCUT2D eigenvalue weighted by atomic mass is 16.5. The van der Waals surface area contributed by atoms with Crippen molar-refractivity contribution in [1.82, 2.24) is 4.90 Å². The number of ether oxygens (including phenoxy) is 1. The van der Waals surface area contributed by atoms with Gasteiger partial charge in [0.1, 0.15) is 0 Å². The Morgan fingerprint density at radius 3 is 3.00 bits per heavy atom. The van der Waals surface area contributed by atoms with Crippen molar-refractivity contribution >= 4 is 5.91 Å². The average Bonchev–Trinajstić information content (AvgIpc) is 2.25. The van der Waals surface area contributed by atoms with Gasteiger partial charge in [-0.25, -0.2) is 0 Å². The van der Waals surface area contributed by atoms with Crippen molar-refractivity contribution in [3.8, 4) is 0 Å². The first-order valence-corrected chi connectivity index (χ1v) is 5.69. The van der Waals surface area contributed by atoms with Gasteiger partial charge in [-0.2, -0.15) is 0 Å². The van der Waals surface area contributed by atoms with E-state index in [1.165, 1.54) is 0 Å². The van der Waals surface area contributed by atoms with Gasteiger partial charge in [0, 0.05) is 32.7 Å². The van der Waals surface area contributed by atoms with Crippen LogP contribution in [0.25, 0.3) is 0 Å². The zero-order valence-corrected chi connectivity index (χ0v) is 9.74. The Morgan fingerprint density at radius 2 is 2.40 bits per heavy atom. The fraction of sp³-hybridized carbons (Fsp3) is 0.909. The smallest absolute Gasteiger partial charge is 0.222 e. The summed E-state index contributed by atoms with van der Waals surface area (Å²) in [5, 5.41) is 0. The second-order valence-electron chi connectivity index (χ2n) is 4.33. The summed E-state index contributed by atoms with van der Waals surface area (Å²) in [7, 11) is 1.67. The Balaban J connectivity index is 2.26. The Kier molecular flexibility index (Phi) is 5.05. The monoisotopic (exact) mass is 214 g/mol. The number of likely N-dealkylation sites (tertiary alicyclic amines) is 1. The van der Waals surface area contributed by atoms with Crippen molar-refractivity contribution in [3.05, 3.63) is 0 Å². The number of nitrogens with zero attached hydrogens (tertiary/aromatic N) is 1. The Bertz CT molecular complexity index is 209. The Hall–Kier alpha value is -0.610. The summed E-state index contributed by atoms with van der Waals surface area (Å²) in [5.41, 5.74) is 5.83. The largest absolute Gasteiger partial charge is 0.382 e. The zero-order valence-electron chi connectivity index (χ0n) is 9.74. The van der Waals surface area contributed by atoms with Gasteiger partial charge in [0.05, 0.1) is 6.10 Å². The van der Waals surface area contributed by atoms with Gasteiger partial charge in [0.25, 0.3) is 0 Å². The van der Waals surface area contributed by atoms with E-state index in [2.05, 4.69) is 0 Å². The molecule has 2 unspecified atom stereocenters. The lowest BCUT2D eigenvalue weighted by molar-refractivity contribution is -0.133. The molecular formula is C11H22N2O2. The lowest BCUT2D eigenvalue weighted by Gasteiger charge is -2.31. The van der Waals surface area contributed by atoms with E-state index in [1.807, 2.05) is 11.8 Å². The van der Waals surface area contributed by atoms with Gasteiger partial charge in [-0.3, -0.25) is 4.79 Å². The predicted octanol–water partition coefficient (Wildman–Crippen LogP) is 0.751. The molecule has 1 saturated heterocycles. The summed E-state index contributed by atoms with van der Waals surface area (Å²) in [6.07, 6.45) is 3.60. The molecule has 1 fully saturated rings. The van der Waals surface area contributed by atoms with E-state index in [1.54, 1.807) is 7.11 Å². The minimum Gasteiger partial charge on any atom is -0.382 e. The van der Waals surface area contributed by atoms with E-state index < -0.39 is 0 Å². The Labute approximate surface area is 91.8 Å². The van der Waals surface area contributed by atoms with Gasteiger partial charge in [0.15, 0.2) is 0 Å². The van der Waals surface area contributed by atoms with E-state index in [0.29, 0.717) is 6.42 Å². The van der Waals surface area contributed by atoms with Crippen LogP contribution in [-0.4, -0.2) is 43.2 Å². The Morgan fingerprint density at radius 1 is 1.67 bits per heavy atom. The highest BCUT2D eigenvalue weighted by Gasteiger charge is 2.21. The summed E-state index contributed by atoms with van der Waals surface area (Å²) in [5.74, 6) is 0.217. The minimum atomic E-state index is 0.160. The van der Waals surface area contributed by atoms with Crippen molar-refractivity contribution in [2.24, 2.45) is 5.73 Å². The molecule has 0 radical (unpaired) electrons. The summed E-state index contributed by atoms with van der Waals surface area (Å²) in [6, 6.07) is 0.169. The van der Waals surface area contributed by atoms with Crippen molar-refractivity contribution in [2.45, 2.75) is 44.8 Å². The number of methoxy groups -OCH3 is 1. The number of hydrogen-bond donors (Lipinski definition) is 1. The first kappa shape index (κ1) is 12.5. The van der Waals surface area contributed by atoms with Crippen molar-refractivity contribution < 1.29 is 9.53 Å². The van der Waals surface area contributed by atoms with E-state index in [0.717, 1.165) is 32.4 Å². The molecule has 2 N–H and O–H groups in total. The normalized spacial score (nSPS) is 23.9. The molecule has 1 amide bonds. The van der Waals surface area contributed by atoms with Gasteiger partial charge in [0.2, 0.25) is 5.91 Å². The van der Waals surface area contributed by atoms with Crippen molar-refractivity contribution in [3.63, 3.8) is 0 Å². The van der Waals surface area contributed by atoms with Crippen LogP contribution in [0, 0.1) is 0 Å². The summed E-state index contributed by atoms with van der Waals surface area (Å²) in [6.45, 7) is 3.57. The zero-order chi connectivity index (χ0) is 11.3. The molecule has 0 aromatic heterocycles. The number of carbonyl (C=O) groups is 1. The molecule has 0 bridgehead atoms. The van der Waals surface area contributed by atoms with Gasteiger partial charge in [-0.05, 0) is 26.2 Å². The van der Waals surface area contributed by atoms with Gasteiger partial charge >= 0.3 is 0 Å². The molecule has 2 atom stereocenters. The summed E-state index contributed by atoms with van der Waals surface area (Å²) < 4.78 is 5.11. The van der Waals surface area contributed by atoms with E-state index in [9.17, 15) is 4.79 Å². The fourth-order valence-corrected chi connectivity index (χ4v) is 1.84. The number of piperidine rings is 1. The molecule has 1 rings (SSSR count). The third-order valence-electron chi connectivity index (χ3n) is 2.98. The van der Waals surface area contributed by atoms with E-state index in [-0.39, 0.29) is 18.1 Å². The molecule has 1 aliphatic heterocycles. The number of hydrogen-bond acceptors (Lipinski definition) is 3. The number of carbonyl (C=O) groups excluding carboxylic acids is 1. The summed E-state index contributed by atoms with van der Waals surface area (Å²) >= 11 is 0. The topological polar surface area (TPSA) is 55.6 Å². The van der Waals surface area contributed by atoms with Gasteiger partial charge in [-0.1, -0.05) is 0 Å². The van der Waals surface area contributed by atoms with Crippen molar-refractivity contribution in [2.75, 3.05) is 20.2 Å². The first-order chi connectivity index (χ1) is 7.13. The predicted molar refractivity (Wildman–Crippen MR) is 59.5 cm³/mol. The second-order valence-corrected chi connectivity index (χ2v) is 4.33. The SMILES string of the molecule is COC(C)CCC(=O)N1CCCC(N)C1. The maximum absolute atomic E-state index is 11.8. The lowest BCUT2D eigenvalue weighted by Crippen LogP contribution is -2.45. The molecule has 4 heteroatoms. The standard InChI is InChI=1S/C11H22N2O2/c1-9(15-2)5-6-11(14)13-7-3-4-10(12)8-13/h9-10H,3-8,12H2,1-2H3. The van der Waals surface area contributed by atoms with Crippen LogP contribution in [0.4, 0.5) is 0 Å². The van der Waals surface area contributed by atoms with E-state index >= 15 is 0 Å². The molecule has 15 heavy (non-hydrogen) atoms. The maximum Gasteiger partial charge on any atom is 0.222 e. The molecular weight excluding hydrogens is 192 g/mol. The van der Waals surface area contributed by atoms with Crippen LogP contribution in [0.15, 0.2) is 0 Å².